The van der Waals surface area contributed by atoms with E-state index in [1.54, 1.807) is 7.11 Å². The number of hydrazine groups is 1. The molecular weight excluding hydrogens is 244 g/mol. The van der Waals surface area contributed by atoms with Gasteiger partial charge in [-0.1, -0.05) is 24.3 Å². The molecule has 1 rings (SSSR count). The van der Waals surface area contributed by atoms with E-state index in [1.165, 1.54) is 0 Å². The minimum absolute atomic E-state index is 0.486. The van der Waals surface area contributed by atoms with Crippen LogP contribution in [0.1, 0.15) is 31.9 Å². The lowest BCUT2D eigenvalue weighted by Gasteiger charge is -2.19. The maximum atomic E-state index is 11.4. The molecule has 1 aromatic rings. The first-order valence-electron chi connectivity index (χ1n) is 6.19. The molecule has 0 radical (unpaired) electrons. The minimum atomic E-state index is -0.496. The van der Waals surface area contributed by atoms with E-state index in [9.17, 15) is 4.79 Å². The van der Waals surface area contributed by atoms with E-state index in [0.717, 1.165) is 11.1 Å². The van der Waals surface area contributed by atoms with Crippen LogP contribution < -0.4 is 10.9 Å². The zero-order valence-corrected chi connectivity index (χ0v) is 11.9. The molecule has 5 nitrogen and oxygen atoms in total. The summed E-state index contributed by atoms with van der Waals surface area (Å²) in [5, 5.41) is 0. The quantitative estimate of drug-likeness (QED) is 0.803. The summed E-state index contributed by atoms with van der Waals surface area (Å²) in [6.45, 7) is 6.56. The Morgan fingerprint density at radius 3 is 2.58 bits per heavy atom. The largest absolute Gasteiger partial charge is 0.443 e. The summed E-state index contributed by atoms with van der Waals surface area (Å²) in [6, 6.07) is 7.95. The van der Waals surface area contributed by atoms with Gasteiger partial charge >= 0.3 is 6.09 Å². The highest BCUT2D eigenvalue weighted by atomic mass is 16.6. The van der Waals surface area contributed by atoms with E-state index in [-0.39, 0.29) is 0 Å². The molecule has 0 saturated carbocycles. The van der Waals surface area contributed by atoms with Crippen molar-refractivity contribution in [2.24, 2.45) is 0 Å². The highest BCUT2D eigenvalue weighted by Crippen LogP contribution is 2.07. The first kappa shape index (κ1) is 15.5. The predicted molar refractivity (Wildman–Crippen MR) is 73.4 cm³/mol. The molecule has 5 heteroatoms. The van der Waals surface area contributed by atoms with Crippen LogP contribution in [0.3, 0.4) is 0 Å². The smallest absolute Gasteiger partial charge is 0.422 e. The Kier molecular flexibility index (Phi) is 5.79. The average molecular weight is 266 g/mol. The number of carbonyl (C=O) groups excluding carboxylic acids is 1. The first-order valence-corrected chi connectivity index (χ1v) is 6.19. The Morgan fingerprint density at radius 1 is 1.26 bits per heavy atom. The average Bonchev–Trinajstić information content (AvgIpc) is 2.27. The van der Waals surface area contributed by atoms with Crippen LogP contribution in [0.4, 0.5) is 4.79 Å². The highest BCUT2D eigenvalue weighted by molar-refractivity contribution is 5.66. The van der Waals surface area contributed by atoms with Gasteiger partial charge in [-0.3, -0.25) is 5.43 Å². The lowest BCUT2D eigenvalue weighted by atomic mass is 10.1. The zero-order chi connectivity index (χ0) is 14.3. The Labute approximate surface area is 114 Å². The standard InChI is InChI=1S/C14H22N2O3/c1-14(2,3)19-13(17)16-15-9-11-6-5-7-12(8-11)10-18-4/h5-8,15H,9-10H2,1-4H3,(H,16,17). The fourth-order valence-corrected chi connectivity index (χ4v) is 1.52. The molecule has 1 aromatic carbocycles. The number of benzene rings is 1. The van der Waals surface area contributed by atoms with Gasteiger partial charge < -0.3 is 9.47 Å². The number of nitrogens with one attached hydrogen (secondary N) is 2. The molecule has 1 amide bonds. The number of rotatable bonds is 5. The second-order valence-corrected chi connectivity index (χ2v) is 5.23. The van der Waals surface area contributed by atoms with Crippen LogP contribution >= 0.6 is 0 Å². The van der Waals surface area contributed by atoms with Gasteiger partial charge in [0.1, 0.15) is 5.60 Å². The van der Waals surface area contributed by atoms with Crippen molar-refractivity contribution in [3.63, 3.8) is 0 Å². The molecule has 0 aromatic heterocycles. The number of hydrogen-bond acceptors (Lipinski definition) is 4. The normalized spacial score (nSPS) is 11.2. The maximum absolute atomic E-state index is 11.4. The van der Waals surface area contributed by atoms with Crippen molar-refractivity contribution < 1.29 is 14.3 Å². The lowest BCUT2D eigenvalue weighted by molar-refractivity contribution is 0.0497. The third kappa shape index (κ3) is 6.79. The molecule has 0 heterocycles. The van der Waals surface area contributed by atoms with E-state index in [4.69, 9.17) is 9.47 Å². The van der Waals surface area contributed by atoms with Crippen LogP contribution in [0.15, 0.2) is 24.3 Å². The van der Waals surface area contributed by atoms with Gasteiger partial charge in [-0.15, -0.1) is 0 Å². The Balaban J connectivity index is 2.36. The molecule has 0 spiro atoms. The van der Waals surface area contributed by atoms with Gasteiger partial charge in [0.15, 0.2) is 0 Å². The van der Waals surface area contributed by atoms with Crippen molar-refractivity contribution >= 4 is 6.09 Å². The van der Waals surface area contributed by atoms with Crippen molar-refractivity contribution in [1.82, 2.24) is 10.9 Å². The van der Waals surface area contributed by atoms with Crippen LogP contribution in [0.5, 0.6) is 0 Å². The molecule has 19 heavy (non-hydrogen) atoms. The summed E-state index contributed by atoms with van der Waals surface area (Å²) < 4.78 is 10.2. The van der Waals surface area contributed by atoms with E-state index in [1.807, 2.05) is 45.0 Å². The van der Waals surface area contributed by atoms with Gasteiger partial charge in [0, 0.05) is 13.7 Å². The summed E-state index contributed by atoms with van der Waals surface area (Å²) in [5.41, 5.74) is 6.99. The fraction of sp³-hybridized carbons (Fsp3) is 0.500. The van der Waals surface area contributed by atoms with Crippen LogP contribution in [0, 0.1) is 0 Å². The predicted octanol–water partition coefficient (Wildman–Crippen LogP) is 2.36. The topological polar surface area (TPSA) is 59.6 Å². The van der Waals surface area contributed by atoms with E-state index in [2.05, 4.69) is 10.9 Å². The second kappa shape index (κ2) is 7.11. The summed E-state index contributed by atoms with van der Waals surface area (Å²) in [4.78, 5) is 11.4. The van der Waals surface area contributed by atoms with Gasteiger partial charge in [0.05, 0.1) is 6.61 Å². The summed E-state index contributed by atoms with van der Waals surface area (Å²) in [5.74, 6) is 0. The maximum Gasteiger partial charge on any atom is 0.422 e. The van der Waals surface area contributed by atoms with E-state index >= 15 is 0 Å². The molecule has 0 saturated heterocycles. The van der Waals surface area contributed by atoms with Gasteiger partial charge in [-0.2, -0.15) is 0 Å². The Morgan fingerprint density at radius 2 is 1.95 bits per heavy atom. The lowest BCUT2D eigenvalue weighted by Crippen LogP contribution is -2.40. The van der Waals surface area contributed by atoms with Crippen LogP contribution in [0.25, 0.3) is 0 Å². The van der Waals surface area contributed by atoms with Crippen LogP contribution in [-0.4, -0.2) is 18.8 Å². The molecule has 0 bridgehead atoms. The monoisotopic (exact) mass is 266 g/mol. The van der Waals surface area contributed by atoms with Gasteiger partial charge in [0.25, 0.3) is 0 Å². The zero-order valence-electron chi connectivity index (χ0n) is 11.9. The molecule has 0 atom stereocenters. The molecule has 2 N–H and O–H groups in total. The van der Waals surface area contributed by atoms with Crippen molar-refractivity contribution in [1.29, 1.82) is 0 Å². The van der Waals surface area contributed by atoms with Gasteiger partial charge in [-0.05, 0) is 31.9 Å². The third-order valence-electron chi connectivity index (χ3n) is 2.18. The van der Waals surface area contributed by atoms with E-state index < -0.39 is 11.7 Å². The van der Waals surface area contributed by atoms with Crippen molar-refractivity contribution in [3.8, 4) is 0 Å². The number of hydrogen-bond donors (Lipinski definition) is 2. The fourth-order valence-electron chi connectivity index (χ4n) is 1.52. The molecule has 0 aliphatic rings. The number of amides is 1. The minimum Gasteiger partial charge on any atom is -0.443 e. The number of ether oxygens (including phenoxy) is 2. The molecule has 0 aliphatic carbocycles. The van der Waals surface area contributed by atoms with Crippen molar-refractivity contribution in [2.45, 2.75) is 39.5 Å². The summed E-state index contributed by atoms with van der Waals surface area (Å²) in [6.07, 6.45) is -0.486. The van der Waals surface area contributed by atoms with Gasteiger partial charge in [-0.25, -0.2) is 10.2 Å². The summed E-state index contributed by atoms with van der Waals surface area (Å²) >= 11 is 0. The SMILES string of the molecule is COCc1cccc(CNNC(=O)OC(C)(C)C)c1. The highest BCUT2D eigenvalue weighted by Gasteiger charge is 2.15. The number of carbonyl (C=O) groups is 1. The summed E-state index contributed by atoms with van der Waals surface area (Å²) in [7, 11) is 1.66. The van der Waals surface area contributed by atoms with Crippen LogP contribution in [0.2, 0.25) is 0 Å². The molecule has 106 valence electrons. The molecule has 0 aliphatic heterocycles. The Bertz CT molecular complexity index is 413. The van der Waals surface area contributed by atoms with E-state index in [0.29, 0.717) is 13.2 Å². The number of methoxy groups -OCH3 is 1. The second-order valence-electron chi connectivity index (χ2n) is 5.23. The van der Waals surface area contributed by atoms with Gasteiger partial charge in [0.2, 0.25) is 0 Å². The van der Waals surface area contributed by atoms with Crippen molar-refractivity contribution in [2.75, 3.05) is 7.11 Å². The molecule has 0 fully saturated rings. The Hall–Kier alpha value is -1.59. The van der Waals surface area contributed by atoms with Crippen molar-refractivity contribution in [3.05, 3.63) is 35.4 Å². The van der Waals surface area contributed by atoms with Crippen LogP contribution in [-0.2, 0) is 22.6 Å². The first-order chi connectivity index (χ1) is 8.90. The molecular formula is C14H22N2O3. The third-order valence-corrected chi connectivity index (χ3v) is 2.18. The molecule has 0 unspecified atom stereocenters.